The Morgan fingerprint density at radius 3 is 2.57 bits per heavy atom. The average molecular weight is 198 g/mol. The topological polar surface area (TPSA) is 15.3 Å². The Morgan fingerprint density at radius 2 is 2.14 bits per heavy atom. The van der Waals surface area contributed by atoms with E-state index in [2.05, 4.69) is 37.9 Å². The van der Waals surface area contributed by atoms with Gasteiger partial charge in [-0.05, 0) is 38.3 Å². The van der Waals surface area contributed by atoms with Gasteiger partial charge in [0, 0.05) is 19.1 Å². The summed E-state index contributed by atoms with van der Waals surface area (Å²) in [5.74, 6) is 0. The van der Waals surface area contributed by atoms with Crippen LogP contribution in [0.4, 0.5) is 0 Å². The predicted octanol–water partition coefficient (Wildman–Crippen LogP) is 2.11. The smallest absolute Gasteiger partial charge is 0.00644 e. The minimum absolute atomic E-state index is 0.513. The first kappa shape index (κ1) is 12.0. The van der Waals surface area contributed by atoms with Gasteiger partial charge in [0.1, 0.15) is 0 Å². The molecule has 1 heterocycles. The molecule has 0 aromatic heterocycles. The van der Waals surface area contributed by atoms with Crippen LogP contribution < -0.4 is 5.32 Å². The molecule has 0 amide bonds. The second kappa shape index (κ2) is 5.13. The van der Waals surface area contributed by atoms with Crippen LogP contribution in [0.25, 0.3) is 0 Å². The molecule has 2 nitrogen and oxygen atoms in total. The maximum Gasteiger partial charge on any atom is 0.00644 e. The lowest BCUT2D eigenvalue weighted by Crippen LogP contribution is -2.41. The maximum atomic E-state index is 3.47. The molecule has 0 radical (unpaired) electrons. The molecule has 1 fully saturated rings. The van der Waals surface area contributed by atoms with E-state index in [1.54, 1.807) is 0 Å². The molecule has 0 aromatic rings. The van der Waals surface area contributed by atoms with E-state index in [1.165, 1.54) is 39.0 Å². The van der Waals surface area contributed by atoms with Crippen LogP contribution >= 0.6 is 0 Å². The third-order valence-electron chi connectivity index (χ3n) is 3.66. The molecular weight excluding hydrogens is 172 g/mol. The van der Waals surface area contributed by atoms with Gasteiger partial charge in [-0.3, -0.25) is 0 Å². The van der Waals surface area contributed by atoms with Crippen LogP contribution in [0.3, 0.4) is 0 Å². The number of nitrogens with one attached hydrogen (secondary N) is 1. The lowest BCUT2D eigenvalue weighted by atomic mass is 9.88. The van der Waals surface area contributed by atoms with Crippen LogP contribution in [-0.2, 0) is 0 Å². The van der Waals surface area contributed by atoms with Crippen molar-refractivity contribution in [3.8, 4) is 0 Å². The summed E-state index contributed by atoms with van der Waals surface area (Å²) >= 11 is 0. The Kier molecular flexibility index (Phi) is 4.39. The van der Waals surface area contributed by atoms with Gasteiger partial charge in [-0.1, -0.05) is 20.8 Å². The van der Waals surface area contributed by atoms with Crippen molar-refractivity contribution >= 4 is 0 Å². The lowest BCUT2D eigenvalue weighted by molar-refractivity contribution is 0.140. The Labute approximate surface area is 89.1 Å². The van der Waals surface area contributed by atoms with E-state index < -0.39 is 0 Å². The largest absolute Gasteiger partial charge is 0.316 e. The van der Waals surface area contributed by atoms with Crippen LogP contribution in [0.2, 0.25) is 0 Å². The SMILES string of the molecule is CCC(C)N(CC)CC1(C)CCNC1. The summed E-state index contributed by atoms with van der Waals surface area (Å²) in [5.41, 5.74) is 0.513. The van der Waals surface area contributed by atoms with E-state index in [0.717, 1.165) is 6.04 Å². The third kappa shape index (κ3) is 2.96. The standard InChI is InChI=1S/C12H26N2/c1-5-11(3)14(6-2)10-12(4)7-8-13-9-12/h11,13H,5-10H2,1-4H3. The molecule has 1 saturated heterocycles. The molecule has 1 rings (SSSR count). The van der Waals surface area contributed by atoms with Crippen molar-refractivity contribution in [1.82, 2.24) is 10.2 Å². The molecule has 0 saturated carbocycles. The monoisotopic (exact) mass is 198 g/mol. The van der Waals surface area contributed by atoms with Gasteiger partial charge in [0.05, 0.1) is 0 Å². The van der Waals surface area contributed by atoms with Gasteiger partial charge in [0.15, 0.2) is 0 Å². The molecule has 1 N–H and O–H groups in total. The minimum atomic E-state index is 0.513. The van der Waals surface area contributed by atoms with Crippen LogP contribution in [0.5, 0.6) is 0 Å². The maximum absolute atomic E-state index is 3.47. The number of hydrogen-bond acceptors (Lipinski definition) is 2. The summed E-state index contributed by atoms with van der Waals surface area (Å²) in [6, 6.07) is 0.734. The van der Waals surface area contributed by atoms with Crippen LogP contribution in [0.15, 0.2) is 0 Å². The first-order chi connectivity index (χ1) is 6.61. The Bertz CT molecular complexity index is 162. The molecule has 0 aliphatic carbocycles. The summed E-state index contributed by atoms with van der Waals surface area (Å²) in [6.45, 7) is 14.2. The minimum Gasteiger partial charge on any atom is -0.316 e. The molecule has 14 heavy (non-hydrogen) atoms. The molecule has 2 atom stereocenters. The average Bonchev–Trinajstić information content (AvgIpc) is 2.61. The number of hydrogen-bond donors (Lipinski definition) is 1. The third-order valence-corrected chi connectivity index (χ3v) is 3.66. The fourth-order valence-corrected chi connectivity index (χ4v) is 2.33. The van der Waals surface area contributed by atoms with Gasteiger partial charge in [-0.25, -0.2) is 0 Å². The highest BCUT2D eigenvalue weighted by Crippen LogP contribution is 2.26. The van der Waals surface area contributed by atoms with Crippen molar-refractivity contribution in [3.05, 3.63) is 0 Å². The second-order valence-electron chi connectivity index (χ2n) is 5.06. The predicted molar refractivity (Wildman–Crippen MR) is 62.6 cm³/mol. The second-order valence-corrected chi connectivity index (χ2v) is 5.06. The van der Waals surface area contributed by atoms with E-state index in [4.69, 9.17) is 0 Å². The molecule has 2 heteroatoms. The summed E-state index contributed by atoms with van der Waals surface area (Å²) in [6.07, 6.45) is 2.59. The zero-order chi connectivity index (χ0) is 10.6. The summed E-state index contributed by atoms with van der Waals surface area (Å²) in [5, 5.41) is 3.47. The summed E-state index contributed by atoms with van der Waals surface area (Å²) < 4.78 is 0. The van der Waals surface area contributed by atoms with E-state index in [0.29, 0.717) is 5.41 Å². The molecule has 0 spiro atoms. The highest BCUT2D eigenvalue weighted by molar-refractivity contribution is 4.87. The fourth-order valence-electron chi connectivity index (χ4n) is 2.33. The lowest BCUT2D eigenvalue weighted by Gasteiger charge is -2.35. The zero-order valence-electron chi connectivity index (χ0n) is 10.3. The normalized spacial score (nSPS) is 29.8. The zero-order valence-corrected chi connectivity index (χ0v) is 10.3. The van der Waals surface area contributed by atoms with Gasteiger partial charge < -0.3 is 10.2 Å². The molecule has 84 valence electrons. The van der Waals surface area contributed by atoms with Gasteiger partial charge in [0.2, 0.25) is 0 Å². The number of nitrogens with zero attached hydrogens (tertiary/aromatic N) is 1. The van der Waals surface area contributed by atoms with E-state index >= 15 is 0 Å². The fraction of sp³-hybridized carbons (Fsp3) is 1.00. The van der Waals surface area contributed by atoms with E-state index in [1.807, 2.05) is 0 Å². The summed E-state index contributed by atoms with van der Waals surface area (Å²) in [7, 11) is 0. The molecule has 1 aliphatic heterocycles. The molecule has 0 aromatic carbocycles. The van der Waals surface area contributed by atoms with Crippen LogP contribution in [0, 0.1) is 5.41 Å². The number of rotatable bonds is 5. The van der Waals surface area contributed by atoms with Crippen molar-refractivity contribution in [2.24, 2.45) is 5.41 Å². The van der Waals surface area contributed by atoms with Gasteiger partial charge >= 0.3 is 0 Å². The Morgan fingerprint density at radius 1 is 1.43 bits per heavy atom. The molecular formula is C12H26N2. The molecule has 1 aliphatic rings. The van der Waals surface area contributed by atoms with Crippen molar-refractivity contribution in [2.75, 3.05) is 26.2 Å². The highest BCUT2D eigenvalue weighted by Gasteiger charge is 2.31. The van der Waals surface area contributed by atoms with Gasteiger partial charge in [-0.2, -0.15) is 0 Å². The first-order valence-electron chi connectivity index (χ1n) is 6.06. The van der Waals surface area contributed by atoms with Crippen molar-refractivity contribution in [1.29, 1.82) is 0 Å². The molecule has 2 unspecified atom stereocenters. The summed E-state index contributed by atoms with van der Waals surface area (Å²) in [4.78, 5) is 2.62. The van der Waals surface area contributed by atoms with Crippen molar-refractivity contribution in [3.63, 3.8) is 0 Å². The van der Waals surface area contributed by atoms with Gasteiger partial charge in [-0.15, -0.1) is 0 Å². The highest BCUT2D eigenvalue weighted by atomic mass is 15.2. The van der Waals surface area contributed by atoms with Gasteiger partial charge in [0.25, 0.3) is 0 Å². The van der Waals surface area contributed by atoms with E-state index in [9.17, 15) is 0 Å². The Hall–Kier alpha value is -0.0800. The van der Waals surface area contributed by atoms with Crippen LogP contribution in [0.1, 0.15) is 40.5 Å². The van der Waals surface area contributed by atoms with Crippen molar-refractivity contribution in [2.45, 2.75) is 46.6 Å². The Balaban J connectivity index is 2.46. The van der Waals surface area contributed by atoms with Crippen molar-refractivity contribution < 1.29 is 0 Å². The quantitative estimate of drug-likeness (QED) is 0.728. The molecule has 0 bridgehead atoms. The van der Waals surface area contributed by atoms with Crippen LogP contribution in [-0.4, -0.2) is 37.1 Å². The van der Waals surface area contributed by atoms with E-state index in [-0.39, 0.29) is 0 Å². The first-order valence-corrected chi connectivity index (χ1v) is 6.06.